The van der Waals surface area contributed by atoms with Crippen LogP contribution in [0, 0.1) is 0 Å². The Bertz CT molecular complexity index is 605. The molecule has 1 fully saturated rings. The summed E-state index contributed by atoms with van der Waals surface area (Å²) in [6, 6.07) is 2.95. The van der Waals surface area contributed by atoms with Crippen molar-refractivity contribution in [2.24, 2.45) is 0 Å². The van der Waals surface area contributed by atoms with Crippen LogP contribution in [-0.4, -0.2) is 29.1 Å². The van der Waals surface area contributed by atoms with E-state index >= 15 is 0 Å². The lowest BCUT2D eigenvalue weighted by molar-refractivity contribution is -0.119. The number of alkyl halides is 3. The molecule has 1 aromatic heterocycles. The molecule has 0 amide bonds. The van der Waals surface area contributed by atoms with Gasteiger partial charge in [-0.25, -0.2) is 4.63 Å². The predicted octanol–water partition coefficient (Wildman–Crippen LogP) is 2.34. The molecular weight excluding hydrogens is 261 g/mol. The Kier molecular flexibility index (Phi) is 2.54. The SMILES string of the molecule is Nc1ccc(N(CC(F)(F)F)C2CC2)c2nonc12. The van der Waals surface area contributed by atoms with Crippen molar-refractivity contribution in [3.63, 3.8) is 0 Å². The minimum absolute atomic E-state index is 0.106. The van der Waals surface area contributed by atoms with Crippen LogP contribution in [0.1, 0.15) is 12.8 Å². The molecule has 2 N–H and O–H groups in total. The molecule has 1 heterocycles. The summed E-state index contributed by atoms with van der Waals surface area (Å²) < 4.78 is 42.6. The zero-order valence-electron chi connectivity index (χ0n) is 9.81. The fourth-order valence-corrected chi connectivity index (χ4v) is 2.09. The molecule has 2 aromatic rings. The molecule has 0 spiro atoms. The van der Waals surface area contributed by atoms with Crippen molar-refractivity contribution in [3.05, 3.63) is 12.1 Å². The van der Waals surface area contributed by atoms with E-state index < -0.39 is 12.7 Å². The highest BCUT2D eigenvalue weighted by Crippen LogP contribution is 2.38. The van der Waals surface area contributed by atoms with Gasteiger partial charge in [0.2, 0.25) is 0 Å². The van der Waals surface area contributed by atoms with Crippen LogP contribution in [0.3, 0.4) is 0 Å². The Morgan fingerprint density at radius 1 is 1.26 bits per heavy atom. The minimum Gasteiger partial charge on any atom is -0.397 e. The summed E-state index contributed by atoms with van der Waals surface area (Å²) in [5.74, 6) is 0. The molecule has 102 valence electrons. The van der Waals surface area contributed by atoms with Crippen LogP contribution in [0.4, 0.5) is 24.5 Å². The first-order valence-corrected chi connectivity index (χ1v) is 5.80. The first-order valence-electron chi connectivity index (χ1n) is 5.80. The molecule has 1 saturated carbocycles. The van der Waals surface area contributed by atoms with Gasteiger partial charge in [0, 0.05) is 6.04 Å². The molecule has 0 radical (unpaired) electrons. The van der Waals surface area contributed by atoms with E-state index in [9.17, 15) is 13.2 Å². The van der Waals surface area contributed by atoms with E-state index in [1.165, 1.54) is 17.0 Å². The van der Waals surface area contributed by atoms with Crippen molar-refractivity contribution in [2.75, 3.05) is 17.2 Å². The predicted molar refractivity (Wildman–Crippen MR) is 62.6 cm³/mol. The van der Waals surface area contributed by atoms with Gasteiger partial charge in [-0.2, -0.15) is 13.2 Å². The summed E-state index contributed by atoms with van der Waals surface area (Å²) in [4.78, 5) is 1.30. The summed E-state index contributed by atoms with van der Waals surface area (Å²) in [6.45, 7) is -1.01. The van der Waals surface area contributed by atoms with Gasteiger partial charge in [-0.15, -0.1) is 0 Å². The van der Waals surface area contributed by atoms with E-state index in [0.717, 1.165) is 12.8 Å². The number of anilines is 2. The number of hydrogen-bond acceptors (Lipinski definition) is 5. The summed E-state index contributed by atoms with van der Waals surface area (Å²) in [5.41, 5.74) is 6.96. The van der Waals surface area contributed by atoms with Crippen LogP contribution >= 0.6 is 0 Å². The second-order valence-corrected chi connectivity index (χ2v) is 4.61. The summed E-state index contributed by atoms with van der Waals surface area (Å²) in [6.07, 6.45) is -2.78. The molecule has 0 aliphatic heterocycles. The number of halogens is 3. The van der Waals surface area contributed by atoms with Gasteiger partial charge in [-0.05, 0) is 35.3 Å². The fourth-order valence-electron chi connectivity index (χ4n) is 2.09. The number of nitrogens with zero attached hydrogens (tertiary/aromatic N) is 3. The summed E-state index contributed by atoms with van der Waals surface area (Å²) in [5, 5.41) is 7.28. The van der Waals surface area contributed by atoms with Gasteiger partial charge < -0.3 is 10.6 Å². The molecule has 1 aliphatic carbocycles. The molecule has 0 bridgehead atoms. The Balaban J connectivity index is 2.05. The van der Waals surface area contributed by atoms with Crippen molar-refractivity contribution in [1.82, 2.24) is 10.3 Å². The first kappa shape index (κ1) is 12.1. The van der Waals surface area contributed by atoms with Crippen LogP contribution in [0.2, 0.25) is 0 Å². The van der Waals surface area contributed by atoms with Gasteiger partial charge in [0.05, 0.1) is 11.4 Å². The second-order valence-electron chi connectivity index (χ2n) is 4.61. The Morgan fingerprint density at radius 2 is 1.95 bits per heavy atom. The molecule has 3 rings (SSSR count). The third-order valence-corrected chi connectivity index (χ3v) is 3.07. The number of fused-ring (bicyclic) bond motifs is 1. The Morgan fingerprint density at radius 3 is 2.58 bits per heavy atom. The van der Waals surface area contributed by atoms with Crippen molar-refractivity contribution >= 4 is 22.4 Å². The molecule has 0 saturated heterocycles. The highest BCUT2D eigenvalue weighted by molar-refractivity contribution is 5.95. The van der Waals surface area contributed by atoms with Gasteiger partial charge in [-0.3, -0.25) is 0 Å². The molecule has 5 nitrogen and oxygen atoms in total. The smallest absolute Gasteiger partial charge is 0.397 e. The highest BCUT2D eigenvalue weighted by atomic mass is 19.4. The van der Waals surface area contributed by atoms with Crippen molar-refractivity contribution in [2.45, 2.75) is 25.1 Å². The molecule has 19 heavy (non-hydrogen) atoms. The van der Waals surface area contributed by atoms with Crippen molar-refractivity contribution in [3.8, 4) is 0 Å². The maximum absolute atomic E-state index is 12.7. The number of nitrogens with two attached hydrogens (primary N) is 1. The third kappa shape index (κ3) is 2.29. The number of nitrogen functional groups attached to an aromatic ring is 1. The lowest BCUT2D eigenvalue weighted by Crippen LogP contribution is -2.36. The summed E-state index contributed by atoms with van der Waals surface area (Å²) >= 11 is 0. The monoisotopic (exact) mass is 272 g/mol. The summed E-state index contributed by atoms with van der Waals surface area (Å²) in [7, 11) is 0. The van der Waals surface area contributed by atoms with Gasteiger partial charge in [0.1, 0.15) is 6.54 Å². The largest absolute Gasteiger partial charge is 0.405 e. The number of aromatic nitrogens is 2. The van der Waals surface area contributed by atoms with E-state index in [0.29, 0.717) is 16.9 Å². The average Bonchev–Trinajstić information content (AvgIpc) is 3.03. The number of hydrogen-bond donors (Lipinski definition) is 1. The molecule has 1 aliphatic rings. The number of rotatable bonds is 3. The highest BCUT2D eigenvalue weighted by Gasteiger charge is 2.39. The molecule has 1 aromatic carbocycles. The van der Waals surface area contributed by atoms with Gasteiger partial charge in [0.15, 0.2) is 11.0 Å². The van der Waals surface area contributed by atoms with Crippen molar-refractivity contribution < 1.29 is 17.8 Å². The van der Waals surface area contributed by atoms with E-state index in [-0.39, 0.29) is 11.6 Å². The fraction of sp³-hybridized carbons (Fsp3) is 0.455. The van der Waals surface area contributed by atoms with E-state index in [1.807, 2.05) is 0 Å². The van der Waals surface area contributed by atoms with E-state index in [4.69, 9.17) is 5.73 Å². The lowest BCUT2D eigenvalue weighted by atomic mass is 10.2. The quantitative estimate of drug-likeness (QED) is 0.868. The number of benzene rings is 1. The van der Waals surface area contributed by atoms with E-state index in [2.05, 4.69) is 14.9 Å². The van der Waals surface area contributed by atoms with Gasteiger partial charge in [0.25, 0.3) is 0 Å². The maximum atomic E-state index is 12.7. The van der Waals surface area contributed by atoms with Crippen LogP contribution in [0.15, 0.2) is 16.8 Å². The van der Waals surface area contributed by atoms with Crippen LogP contribution in [-0.2, 0) is 0 Å². The Labute approximate surface area is 106 Å². The standard InChI is InChI=1S/C11H11F3N4O/c12-11(13,14)5-18(6-1-2-6)8-4-3-7(15)9-10(8)17-19-16-9/h3-4,6H,1-2,5,15H2. The van der Waals surface area contributed by atoms with Gasteiger partial charge in [-0.1, -0.05) is 0 Å². The lowest BCUT2D eigenvalue weighted by Gasteiger charge is -2.25. The second kappa shape index (κ2) is 4.01. The van der Waals surface area contributed by atoms with E-state index in [1.54, 1.807) is 0 Å². The molecule has 0 unspecified atom stereocenters. The van der Waals surface area contributed by atoms with Crippen LogP contribution in [0.5, 0.6) is 0 Å². The van der Waals surface area contributed by atoms with Crippen LogP contribution in [0.25, 0.3) is 11.0 Å². The van der Waals surface area contributed by atoms with Crippen LogP contribution < -0.4 is 10.6 Å². The zero-order valence-corrected chi connectivity index (χ0v) is 9.81. The average molecular weight is 272 g/mol. The molecule has 8 heteroatoms. The maximum Gasteiger partial charge on any atom is 0.405 e. The first-order chi connectivity index (χ1) is 8.96. The zero-order chi connectivity index (χ0) is 13.6. The minimum atomic E-state index is -4.27. The molecular formula is C11H11F3N4O. The topological polar surface area (TPSA) is 68.2 Å². The normalized spacial score (nSPS) is 15.9. The Hall–Kier alpha value is -1.99. The van der Waals surface area contributed by atoms with Crippen molar-refractivity contribution in [1.29, 1.82) is 0 Å². The molecule has 0 atom stereocenters. The third-order valence-electron chi connectivity index (χ3n) is 3.07. The van der Waals surface area contributed by atoms with Gasteiger partial charge >= 0.3 is 6.18 Å².